The van der Waals surface area contributed by atoms with Gasteiger partial charge in [-0.3, -0.25) is 0 Å². The van der Waals surface area contributed by atoms with Crippen LogP contribution in [0.15, 0.2) is 24.3 Å². The average Bonchev–Trinajstić information content (AvgIpc) is 2.32. The van der Waals surface area contributed by atoms with E-state index in [0.717, 1.165) is 6.42 Å². The third-order valence-corrected chi connectivity index (χ3v) is 3.11. The minimum absolute atomic E-state index is 0.348. The molecule has 0 aliphatic heterocycles. The molecule has 0 heterocycles. The van der Waals surface area contributed by atoms with Crippen LogP contribution in [0.5, 0.6) is 5.75 Å². The summed E-state index contributed by atoms with van der Waals surface area (Å²) in [4.78, 5) is 2.55. The molecule has 1 unspecified atom stereocenters. The molecule has 0 amide bonds. The van der Waals surface area contributed by atoms with Gasteiger partial charge in [0.25, 0.3) is 0 Å². The van der Waals surface area contributed by atoms with Crippen molar-refractivity contribution in [2.24, 2.45) is 0 Å². The van der Waals surface area contributed by atoms with Gasteiger partial charge in [0.15, 0.2) is 0 Å². The topological polar surface area (TPSA) is 23.5 Å². The molecule has 0 radical (unpaired) electrons. The van der Waals surface area contributed by atoms with Crippen LogP contribution in [0.2, 0.25) is 0 Å². The first-order valence-corrected chi connectivity index (χ1v) is 6.69. The molecule has 0 spiro atoms. The highest BCUT2D eigenvalue weighted by atomic mass is 16.3. The zero-order valence-corrected chi connectivity index (χ0v) is 11.3. The van der Waals surface area contributed by atoms with Crippen LogP contribution in [0, 0.1) is 0 Å². The van der Waals surface area contributed by atoms with Gasteiger partial charge in [0.1, 0.15) is 5.75 Å². The number of nitrogens with zero attached hydrogens (tertiary/aromatic N) is 1. The van der Waals surface area contributed by atoms with Crippen molar-refractivity contribution in [3.8, 4) is 5.75 Å². The molecule has 0 aromatic heterocycles. The predicted octanol–water partition coefficient (Wildman–Crippen LogP) is 3.45. The summed E-state index contributed by atoms with van der Waals surface area (Å²) in [6, 6.07) is 8.14. The van der Waals surface area contributed by atoms with Gasteiger partial charge in [-0.1, -0.05) is 26.0 Å². The van der Waals surface area contributed by atoms with Crippen molar-refractivity contribution in [3.05, 3.63) is 29.8 Å². The molecule has 0 aliphatic rings. The Labute approximate surface area is 105 Å². The second-order valence-electron chi connectivity index (χ2n) is 4.76. The van der Waals surface area contributed by atoms with Crippen LogP contribution in [0.3, 0.4) is 0 Å². The molecule has 1 atom stereocenters. The molecule has 0 fully saturated rings. The lowest BCUT2D eigenvalue weighted by Crippen LogP contribution is -2.35. The fourth-order valence-electron chi connectivity index (χ4n) is 2.23. The molecule has 17 heavy (non-hydrogen) atoms. The molecule has 0 saturated carbocycles. The summed E-state index contributed by atoms with van der Waals surface area (Å²) in [6.45, 7) is 9.10. The fraction of sp³-hybridized carbons (Fsp3) is 0.600. The smallest absolute Gasteiger partial charge is 0.115 e. The van der Waals surface area contributed by atoms with E-state index in [1.54, 1.807) is 12.1 Å². The Morgan fingerprint density at radius 3 is 2.06 bits per heavy atom. The number of aromatic hydroxyl groups is 1. The van der Waals surface area contributed by atoms with Gasteiger partial charge in [-0.15, -0.1) is 0 Å². The second kappa shape index (κ2) is 7.33. The van der Waals surface area contributed by atoms with E-state index in [1.807, 2.05) is 12.1 Å². The molecule has 2 nitrogen and oxygen atoms in total. The van der Waals surface area contributed by atoms with Crippen molar-refractivity contribution >= 4 is 0 Å². The number of phenols is 1. The van der Waals surface area contributed by atoms with E-state index in [9.17, 15) is 5.11 Å². The monoisotopic (exact) mass is 235 g/mol. The minimum Gasteiger partial charge on any atom is -0.508 e. The summed E-state index contributed by atoms with van der Waals surface area (Å²) in [6.07, 6.45) is 3.47. The fourth-order valence-corrected chi connectivity index (χ4v) is 2.23. The average molecular weight is 235 g/mol. The number of rotatable bonds is 7. The highest BCUT2D eigenvalue weighted by molar-refractivity contribution is 5.26. The molecule has 1 N–H and O–H groups in total. The van der Waals surface area contributed by atoms with E-state index in [0.29, 0.717) is 11.8 Å². The molecule has 0 saturated heterocycles. The van der Waals surface area contributed by atoms with Crippen LogP contribution in [-0.4, -0.2) is 29.1 Å². The number of benzene rings is 1. The quantitative estimate of drug-likeness (QED) is 0.782. The molecular weight excluding hydrogens is 210 g/mol. The van der Waals surface area contributed by atoms with Crippen molar-refractivity contribution in [2.75, 3.05) is 13.1 Å². The largest absolute Gasteiger partial charge is 0.508 e. The van der Waals surface area contributed by atoms with Crippen LogP contribution >= 0.6 is 0 Å². The molecule has 2 heteroatoms. The normalized spacial score (nSPS) is 12.9. The van der Waals surface area contributed by atoms with E-state index in [2.05, 4.69) is 25.7 Å². The third-order valence-electron chi connectivity index (χ3n) is 3.11. The molecule has 96 valence electrons. The summed E-state index contributed by atoms with van der Waals surface area (Å²) in [7, 11) is 0. The number of hydrogen-bond acceptors (Lipinski definition) is 2. The zero-order valence-electron chi connectivity index (χ0n) is 11.3. The summed E-state index contributed by atoms with van der Waals surface area (Å²) in [5.74, 6) is 0.348. The van der Waals surface area contributed by atoms with E-state index in [-0.39, 0.29) is 0 Å². The summed E-state index contributed by atoms with van der Waals surface area (Å²) < 4.78 is 0. The van der Waals surface area contributed by atoms with Gasteiger partial charge in [0.2, 0.25) is 0 Å². The highest BCUT2D eigenvalue weighted by Crippen LogP contribution is 2.14. The molecule has 1 aromatic carbocycles. The van der Waals surface area contributed by atoms with Gasteiger partial charge in [-0.25, -0.2) is 0 Å². The first-order valence-electron chi connectivity index (χ1n) is 6.69. The van der Waals surface area contributed by atoms with Crippen molar-refractivity contribution in [1.82, 2.24) is 4.90 Å². The van der Waals surface area contributed by atoms with Crippen LogP contribution in [0.4, 0.5) is 0 Å². The van der Waals surface area contributed by atoms with Crippen molar-refractivity contribution in [1.29, 1.82) is 0 Å². The maximum atomic E-state index is 9.26. The maximum absolute atomic E-state index is 9.26. The first-order chi connectivity index (χ1) is 8.17. The lowest BCUT2D eigenvalue weighted by molar-refractivity contribution is 0.208. The lowest BCUT2D eigenvalue weighted by Gasteiger charge is -2.28. The van der Waals surface area contributed by atoms with Crippen molar-refractivity contribution in [2.45, 2.75) is 46.1 Å². The van der Waals surface area contributed by atoms with Gasteiger partial charge in [0, 0.05) is 6.04 Å². The Hall–Kier alpha value is -1.02. The molecule has 1 aromatic rings. The van der Waals surface area contributed by atoms with Crippen LogP contribution < -0.4 is 0 Å². The van der Waals surface area contributed by atoms with Crippen LogP contribution in [0.25, 0.3) is 0 Å². The van der Waals surface area contributed by atoms with E-state index < -0.39 is 0 Å². The Bertz CT molecular complexity index is 301. The summed E-state index contributed by atoms with van der Waals surface area (Å²) in [5, 5.41) is 9.26. The second-order valence-corrected chi connectivity index (χ2v) is 4.76. The molecule has 1 rings (SSSR count). The highest BCUT2D eigenvalue weighted by Gasteiger charge is 2.12. The SMILES string of the molecule is CCCN(CCC)C(C)Cc1ccc(O)cc1. The Morgan fingerprint density at radius 2 is 1.59 bits per heavy atom. The Balaban J connectivity index is 2.55. The number of hydrogen-bond donors (Lipinski definition) is 1. The van der Waals surface area contributed by atoms with Gasteiger partial charge >= 0.3 is 0 Å². The van der Waals surface area contributed by atoms with E-state index in [1.165, 1.54) is 31.5 Å². The molecule has 0 bridgehead atoms. The molecule has 0 aliphatic carbocycles. The van der Waals surface area contributed by atoms with E-state index in [4.69, 9.17) is 0 Å². The predicted molar refractivity (Wildman–Crippen MR) is 73.4 cm³/mol. The van der Waals surface area contributed by atoms with Gasteiger partial charge in [-0.05, 0) is 57.0 Å². The summed E-state index contributed by atoms with van der Waals surface area (Å²) in [5.41, 5.74) is 1.30. The van der Waals surface area contributed by atoms with Crippen LogP contribution in [0.1, 0.15) is 39.2 Å². The van der Waals surface area contributed by atoms with Gasteiger partial charge < -0.3 is 10.0 Å². The Morgan fingerprint density at radius 1 is 1.06 bits per heavy atom. The third kappa shape index (κ3) is 4.78. The maximum Gasteiger partial charge on any atom is 0.115 e. The summed E-state index contributed by atoms with van der Waals surface area (Å²) >= 11 is 0. The van der Waals surface area contributed by atoms with Crippen LogP contribution in [-0.2, 0) is 6.42 Å². The first kappa shape index (κ1) is 14.0. The zero-order chi connectivity index (χ0) is 12.7. The van der Waals surface area contributed by atoms with E-state index >= 15 is 0 Å². The number of phenolic OH excluding ortho intramolecular Hbond substituents is 1. The standard InChI is InChI=1S/C15H25NO/c1-4-10-16(11-5-2)13(3)12-14-6-8-15(17)9-7-14/h6-9,13,17H,4-5,10-12H2,1-3H3. The lowest BCUT2D eigenvalue weighted by atomic mass is 10.1. The minimum atomic E-state index is 0.348. The van der Waals surface area contributed by atoms with Gasteiger partial charge in [-0.2, -0.15) is 0 Å². The van der Waals surface area contributed by atoms with Gasteiger partial charge in [0.05, 0.1) is 0 Å². The Kier molecular flexibility index (Phi) is 6.06. The molecular formula is C15H25NO. The van der Waals surface area contributed by atoms with Crippen molar-refractivity contribution in [3.63, 3.8) is 0 Å². The van der Waals surface area contributed by atoms with Crippen molar-refractivity contribution < 1.29 is 5.11 Å².